The molecule has 0 aliphatic carbocycles. The Kier molecular flexibility index (Phi) is 4.50. The standard InChI is InChI=1S/C12H22N4O/c1-3-11-14-12(17-15-11)9-16-7-5-4-6-10(16)8-13-2/h10,13H,3-9H2,1-2H3. The molecule has 2 heterocycles. The van der Waals surface area contributed by atoms with Gasteiger partial charge in [-0.3, -0.25) is 4.90 Å². The second-order valence-electron chi connectivity index (χ2n) is 4.64. The van der Waals surface area contributed by atoms with E-state index in [-0.39, 0.29) is 0 Å². The van der Waals surface area contributed by atoms with Crippen molar-refractivity contribution in [2.24, 2.45) is 0 Å². The highest BCUT2D eigenvalue weighted by molar-refractivity contribution is 4.88. The molecule has 0 spiro atoms. The van der Waals surface area contributed by atoms with Crippen LogP contribution >= 0.6 is 0 Å². The van der Waals surface area contributed by atoms with Crippen LogP contribution in [0, 0.1) is 0 Å². The molecule has 5 heteroatoms. The molecule has 2 rings (SSSR count). The van der Waals surface area contributed by atoms with Crippen molar-refractivity contribution in [1.82, 2.24) is 20.4 Å². The van der Waals surface area contributed by atoms with Gasteiger partial charge in [0.05, 0.1) is 6.54 Å². The van der Waals surface area contributed by atoms with Gasteiger partial charge in [-0.25, -0.2) is 0 Å². The van der Waals surface area contributed by atoms with Crippen LogP contribution < -0.4 is 5.32 Å². The summed E-state index contributed by atoms with van der Waals surface area (Å²) in [7, 11) is 2.01. The van der Waals surface area contributed by atoms with E-state index in [4.69, 9.17) is 4.52 Å². The fraction of sp³-hybridized carbons (Fsp3) is 0.833. The zero-order chi connectivity index (χ0) is 12.1. The first-order chi connectivity index (χ1) is 8.33. The lowest BCUT2D eigenvalue weighted by molar-refractivity contribution is 0.123. The summed E-state index contributed by atoms with van der Waals surface area (Å²) in [5, 5.41) is 7.20. The van der Waals surface area contributed by atoms with Crippen molar-refractivity contribution in [3.63, 3.8) is 0 Å². The van der Waals surface area contributed by atoms with Crippen LogP contribution in [0.25, 0.3) is 0 Å². The lowest BCUT2D eigenvalue weighted by atomic mass is 10.0. The number of rotatable bonds is 5. The van der Waals surface area contributed by atoms with E-state index in [1.807, 2.05) is 14.0 Å². The summed E-state index contributed by atoms with van der Waals surface area (Å²) in [6, 6.07) is 0.603. The predicted octanol–water partition coefficient (Wildman–Crippen LogP) is 1.21. The van der Waals surface area contributed by atoms with E-state index in [0.29, 0.717) is 6.04 Å². The zero-order valence-electron chi connectivity index (χ0n) is 10.8. The van der Waals surface area contributed by atoms with Crippen LogP contribution in [0.1, 0.15) is 37.9 Å². The summed E-state index contributed by atoms with van der Waals surface area (Å²) in [6.07, 6.45) is 4.70. The van der Waals surface area contributed by atoms with Crippen molar-refractivity contribution in [3.8, 4) is 0 Å². The molecule has 1 atom stereocenters. The molecule has 1 aliphatic heterocycles. The summed E-state index contributed by atoms with van der Waals surface area (Å²) < 4.78 is 5.26. The smallest absolute Gasteiger partial charge is 0.240 e. The van der Waals surface area contributed by atoms with Crippen molar-refractivity contribution in [2.75, 3.05) is 20.1 Å². The maximum atomic E-state index is 5.26. The summed E-state index contributed by atoms with van der Waals surface area (Å²) in [6.45, 7) is 5.00. The Morgan fingerprint density at radius 1 is 1.47 bits per heavy atom. The molecule has 1 aromatic heterocycles. The van der Waals surface area contributed by atoms with Gasteiger partial charge in [-0.2, -0.15) is 4.98 Å². The minimum atomic E-state index is 0.603. The second-order valence-corrected chi connectivity index (χ2v) is 4.64. The van der Waals surface area contributed by atoms with Gasteiger partial charge in [0.15, 0.2) is 5.82 Å². The number of nitrogens with one attached hydrogen (secondary N) is 1. The lowest BCUT2D eigenvalue weighted by Crippen LogP contribution is -2.44. The molecule has 1 aromatic rings. The molecule has 0 radical (unpaired) electrons. The molecule has 1 unspecified atom stereocenters. The molecular formula is C12H22N4O. The quantitative estimate of drug-likeness (QED) is 0.835. The Hall–Kier alpha value is -0.940. The lowest BCUT2D eigenvalue weighted by Gasteiger charge is -2.34. The van der Waals surface area contributed by atoms with Gasteiger partial charge in [0, 0.05) is 19.0 Å². The molecule has 96 valence electrons. The number of hydrogen-bond donors (Lipinski definition) is 1. The Morgan fingerprint density at radius 2 is 2.35 bits per heavy atom. The van der Waals surface area contributed by atoms with E-state index in [0.717, 1.165) is 37.8 Å². The van der Waals surface area contributed by atoms with Crippen LogP contribution in [0.3, 0.4) is 0 Å². The average Bonchev–Trinajstić information content (AvgIpc) is 2.80. The average molecular weight is 238 g/mol. The molecule has 5 nitrogen and oxygen atoms in total. The maximum Gasteiger partial charge on any atom is 0.240 e. The van der Waals surface area contributed by atoms with Gasteiger partial charge < -0.3 is 9.84 Å². The maximum absolute atomic E-state index is 5.26. The largest absolute Gasteiger partial charge is 0.338 e. The molecule has 0 bridgehead atoms. The third kappa shape index (κ3) is 3.26. The van der Waals surface area contributed by atoms with Crippen molar-refractivity contribution in [1.29, 1.82) is 0 Å². The number of likely N-dealkylation sites (N-methyl/N-ethyl adjacent to an activating group) is 1. The Labute approximate surface area is 103 Å². The number of aromatic nitrogens is 2. The molecule has 1 fully saturated rings. The van der Waals surface area contributed by atoms with Gasteiger partial charge in [-0.15, -0.1) is 0 Å². The zero-order valence-corrected chi connectivity index (χ0v) is 10.8. The van der Waals surface area contributed by atoms with Gasteiger partial charge in [0.1, 0.15) is 0 Å². The van der Waals surface area contributed by atoms with Crippen LogP contribution in [0.15, 0.2) is 4.52 Å². The van der Waals surface area contributed by atoms with Gasteiger partial charge in [0.25, 0.3) is 0 Å². The monoisotopic (exact) mass is 238 g/mol. The third-order valence-corrected chi connectivity index (χ3v) is 3.35. The molecule has 0 amide bonds. The molecule has 0 saturated carbocycles. The van der Waals surface area contributed by atoms with E-state index in [1.165, 1.54) is 19.3 Å². The molecule has 1 aliphatic rings. The SMILES string of the molecule is CCc1noc(CN2CCCCC2CNC)n1. The number of aryl methyl sites for hydroxylation is 1. The van der Waals surface area contributed by atoms with Crippen LogP contribution in [-0.4, -0.2) is 41.2 Å². The summed E-state index contributed by atoms with van der Waals surface area (Å²) in [4.78, 5) is 6.83. The Morgan fingerprint density at radius 3 is 3.06 bits per heavy atom. The van der Waals surface area contributed by atoms with Crippen molar-refractivity contribution in [2.45, 2.75) is 45.2 Å². The fourth-order valence-corrected chi connectivity index (χ4v) is 2.41. The molecule has 17 heavy (non-hydrogen) atoms. The normalized spacial score (nSPS) is 21.9. The summed E-state index contributed by atoms with van der Waals surface area (Å²) in [5.74, 6) is 1.56. The van der Waals surface area contributed by atoms with Crippen molar-refractivity contribution < 1.29 is 4.52 Å². The second kappa shape index (κ2) is 6.12. The highest BCUT2D eigenvalue weighted by Gasteiger charge is 2.23. The van der Waals surface area contributed by atoms with E-state index in [1.54, 1.807) is 0 Å². The van der Waals surface area contributed by atoms with Gasteiger partial charge in [-0.05, 0) is 26.4 Å². The van der Waals surface area contributed by atoms with Crippen molar-refractivity contribution >= 4 is 0 Å². The number of piperidine rings is 1. The van der Waals surface area contributed by atoms with Gasteiger partial charge in [0.2, 0.25) is 5.89 Å². The van der Waals surface area contributed by atoms with Gasteiger partial charge in [-0.1, -0.05) is 18.5 Å². The van der Waals surface area contributed by atoms with Gasteiger partial charge >= 0.3 is 0 Å². The molecule has 0 aromatic carbocycles. The first kappa shape index (κ1) is 12.5. The van der Waals surface area contributed by atoms with E-state index in [2.05, 4.69) is 20.4 Å². The van der Waals surface area contributed by atoms with E-state index >= 15 is 0 Å². The van der Waals surface area contributed by atoms with Crippen LogP contribution in [-0.2, 0) is 13.0 Å². The van der Waals surface area contributed by atoms with Crippen molar-refractivity contribution in [3.05, 3.63) is 11.7 Å². The first-order valence-electron chi connectivity index (χ1n) is 6.53. The number of hydrogen-bond acceptors (Lipinski definition) is 5. The molecule has 1 saturated heterocycles. The van der Waals surface area contributed by atoms with E-state index < -0.39 is 0 Å². The minimum Gasteiger partial charge on any atom is -0.338 e. The topological polar surface area (TPSA) is 54.2 Å². The number of nitrogens with zero attached hydrogens (tertiary/aromatic N) is 3. The molecular weight excluding hydrogens is 216 g/mol. The minimum absolute atomic E-state index is 0.603. The Bertz CT molecular complexity index is 337. The highest BCUT2D eigenvalue weighted by Crippen LogP contribution is 2.18. The summed E-state index contributed by atoms with van der Waals surface area (Å²) >= 11 is 0. The fourth-order valence-electron chi connectivity index (χ4n) is 2.41. The Balaban J connectivity index is 1.95. The van der Waals surface area contributed by atoms with Crippen LogP contribution in [0.5, 0.6) is 0 Å². The third-order valence-electron chi connectivity index (χ3n) is 3.35. The molecule has 1 N–H and O–H groups in total. The summed E-state index contributed by atoms with van der Waals surface area (Å²) in [5.41, 5.74) is 0. The van der Waals surface area contributed by atoms with E-state index in [9.17, 15) is 0 Å². The highest BCUT2D eigenvalue weighted by atomic mass is 16.5. The van der Waals surface area contributed by atoms with Crippen LogP contribution in [0.2, 0.25) is 0 Å². The first-order valence-corrected chi connectivity index (χ1v) is 6.53. The number of likely N-dealkylation sites (tertiary alicyclic amines) is 1. The van der Waals surface area contributed by atoms with Crippen LogP contribution in [0.4, 0.5) is 0 Å². The predicted molar refractivity (Wildman–Crippen MR) is 65.7 cm³/mol.